The number of nitrogens with one attached hydrogen (secondary N) is 3. The Hall–Kier alpha value is -4.52. The van der Waals surface area contributed by atoms with E-state index in [2.05, 4.69) is 41.7 Å². The molecule has 0 saturated heterocycles. The van der Waals surface area contributed by atoms with Gasteiger partial charge in [0.15, 0.2) is 0 Å². The molecule has 2 amide bonds. The Balaban J connectivity index is 1.54. The molecule has 1 aromatic heterocycles. The van der Waals surface area contributed by atoms with Crippen molar-refractivity contribution in [3.8, 4) is 11.3 Å². The SMILES string of the molecule is Cc1c(NC(=O)c2ccccc2C(C)(C)C)cccc1-c1ccnc(Nc2ccc(C(=O)NC(C)C)cc2)n1. The van der Waals surface area contributed by atoms with Crippen LogP contribution in [0.5, 0.6) is 0 Å². The van der Waals surface area contributed by atoms with Crippen molar-refractivity contribution in [2.24, 2.45) is 0 Å². The molecule has 0 bridgehead atoms. The fourth-order valence-corrected chi connectivity index (χ4v) is 4.32. The molecule has 1 heterocycles. The molecule has 39 heavy (non-hydrogen) atoms. The van der Waals surface area contributed by atoms with Gasteiger partial charge in [0.1, 0.15) is 0 Å². The second kappa shape index (κ2) is 11.5. The van der Waals surface area contributed by atoms with Gasteiger partial charge in [-0.1, -0.05) is 51.1 Å². The Labute approximate surface area is 230 Å². The van der Waals surface area contributed by atoms with Crippen LogP contribution in [0, 0.1) is 6.92 Å². The molecule has 0 unspecified atom stereocenters. The van der Waals surface area contributed by atoms with E-state index >= 15 is 0 Å². The fraction of sp³-hybridized carbons (Fsp3) is 0.250. The molecule has 4 aromatic rings. The minimum atomic E-state index is -0.157. The Morgan fingerprint density at radius 1 is 0.846 bits per heavy atom. The van der Waals surface area contributed by atoms with Crippen LogP contribution in [0.25, 0.3) is 11.3 Å². The molecule has 3 aromatic carbocycles. The van der Waals surface area contributed by atoms with Gasteiger partial charge in [0.05, 0.1) is 5.69 Å². The maximum absolute atomic E-state index is 13.3. The van der Waals surface area contributed by atoms with E-state index in [1.807, 2.05) is 81.4 Å². The highest BCUT2D eigenvalue weighted by Crippen LogP contribution is 2.30. The number of carbonyl (C=O) groups is 2. The van der Waals surface area contributed by atoms with Crippen molar-refractivity contribution < 1.29 is 9.59 Å². The number of anilines is 3. The van der Waals surface area contributed by atoms with Crippen LogP contribution in [0.4, 0.5) is 17.3 Å². The maximum atomic E-state index is 13.3. The summed E-state index contributed by atoms with van der Waals surface area (Å²) in [6.07, 6.45) is 1.69. The number of nitrogens with zero attached hydrogens (tertiary/aromatic N) is 2. The molecule has 0 saturated carbocycles. The third-order valence-corrected chi connectivity index (χ3v) is 6.32. The van der Waals surface area contributed by atoms with Gasteiger partial charge >= 0.3 is 0 Å². The standard InChI is InChI=1S/C32H35N5O2/c1-20(2)34-29(38)22-14-16-23(17-15-22)35-31-33-19-18-28(37-31)24-11-9-13-27(21(24)3)36-30(39)25-10-7-8-12-26(25)32(4,5)6/h7-20H,1-6H3,(H,34,38)(H,36,39)(H,33,35,37). The van der Waals surface area contributed by atoms with Crippen molar-refractivity contribution in [1.82, 2.24) is 15.3 Å². The molecule has 0 fully saturated rings. The van der Waals surface area contributed by atoms with E-state index in [1.54, 1.807) is 18.3 Å². The zero-order chi connectivity index (χ0) is 28.2. The van der Waals surface area contributed by atoms with Gasteiger partial charge in [-0.25, -0.2) is 9.97 Å². The van der Waals surface area contributed by atoms with Crippen molar-refractivity contribution in [3.63, 3.8) is 0 Å². The van der Waals surface area contributed by atoms with Crippen LogP contribution >= 0.6 is 0 Å². The van der Waals surface area contributed by atoms with Gasteiger partial charge in [0.25, 0.3) is 11.8 Å². The lowest BCUT2D eigenvalue weighted by molar-refractivity contribution is 0.0942. The molecule has 200 valence electrons. The first-order valence-corrected chi connectivity index (χ1v) is 13.0. The van der Waals surface area contributed by atoms with E-state index in [9.17, 15) is 9.59 Å². The van der Waals surface area contributed by atoms with Crippen molar-refractivity contribution in [2.75, 3.05) is 10.6 Å². The summed E-state index contributed by atoms with van der Waals surface area (Å²) >= 11 is 0. The van der Waals surface area contributed by atoms with E-state index in [-0.39, 0.29) is 23.3 Å². The van der Waals surface area contributed by atoms with Gasteiger partial charge in [-0.3, -0.25) is 9.59 Å². The van der Waals surface area contributed by atoms with Crippen molar-refractivity contribution in [3.05, 3.63) is 101 Å². The van der Waals surface area contributed by atoms with Crippen molar-refractivity contribution in [1.29, 1.82) is 0 Å². The second-order valence-electron chi connectivity index (χ2n) is 10.8. The summed E-state index contributed by atoms with van der Waals surface area (Å²) in [7, 11) is 0. The molecule has 0 radical (unpaired) electrons. The minimum absolute atomic E-state index is 0.0704. The predicted molar refractivity (Wildman–Crippen MR) is 158 cm³/mol. The Kier molecular flexibility index (Phi) is 8.10. The topological polar surface area (TPSA) is 96.0 Å². The van der Waals surface area contributed by atoms with Gasteiger partial charge < -0.3 is 16.0 Å². The monoisotopic (exact) mass is 521 g/mol. The number of amides is 2. The molecule has 0 aliphatic carbocycles. The number of hydrogen-bond donors (Lipinski definition) is 3. The molecule has 3 N–H and O–H groups in total. The van der Waals surface area contributed by atoms with Crippen molar-refractivity contribution in [2.45, 2.75) is 53.0 Å². The number of aromatic nitrogens is 2. The average molecular weight is 522 g/mol. The fourth-order valence-electron chi connectivity index (χ4n) is 4.32. The van der Waals surface area contributed by atoms with Crippen LogP contribution in [-0.2, 0) is 5.41 Å². The lowest BCUT2D eigenvalue weighted by atomic mass is 9.83. The summed E-state index contributed by atoms with van der Waals surface area (Å²) in [5.41, 5.74) is 6.11. The van der Waals surface area contributed by atoms with Gasteiger partial charge in [-0.05, 0) is 79.8 Å². The summed E-state index contributed by atoms with van der Waals surface area (Å²) < 4.78 is 0. The molecule has 0 atom stereocenters. The molecule has 7 heteroatoms. The third kappa shape index (κ3) is 6.68. The maximum Gasteiger partial charge on any atom is 0.255 e. The molecule has 0 spiro atoms. The highest BCUT2D eigenvalue weighted by Gasteiger charge is 2.22. The quantitative estimate of drug-likeness (QED) is 0.246. The summed E-state index contributed by atoms with van der Waals surface area (Å²) in [6.45, 7) is 12.1. The Morgan fingerprint density at radius 2 is 1.56 bits per heavy atom. The average Bonchev–Trinajstić information content (AvgIpc) is 2.89. The minimum Gasteiger partial charge on any atom is -0.350 e. The highest BCUT2D eigenvalue weighted by atomic mass is 16.2. The number of benzene rings is 3. The van der Waals surface area contributed by atoms with Gasteiger partial charge in [0.2, 0.25) is 5.95 Å². The van der Waals surface area contributed by atoms with E-state index in [4.69, 9.17) is 4.98 Å². The predicted octanol–water partition coefficient (Wildman–Crippen LogP) is 6.88. The lowest BCUT2D eigenvalue weighted by Crippen LogP contribution is -2.29. The number of hydrogen-bond acceptors (Lipinski definition) is 5. The largest absolute Gasteiger partial charge is 0.350 e. The van der Waals surface area contributed by atoms with E-state index in [0.29, 0.717) is 17.1 Å². The molecular formula is C32H35N5O2. The van der Waals surface area contributed by atoms with E-state index < -0.39 is 0 Å². The van der Waals surface area contributed by atoms with E-state index in [0.717, 1.165) is 33.8 Å². The Morgan fingerprint density at radius 3 is 2.26 bits per heavy atom. The van der Waals surface area contributed by atoms with Gasteiger partial charge in [-0.2, -0.15) is 0 Å². The first kappa shape index (κ1) is 27.5. The molecule has 0 aliphatic rings. The number of carbonyl (C=O) groups excluding carboxylic acids is 2. The van der Waals surface area contributed by atoms with Crippen LogP contribution in [-0.4, -0.2) is 27.8 Å². The van der Waals surface area contributed by atoms with Crippen LogP contribution in [0.1, 0.15) is 66.5 Å². The summed E-state index contributed by atoms with van der Waals surface area (Å²) in [5.74, 6) is 0.176. The summed E-state index contributed by atoms with van der Waals surface area (Å²) in [4.78, 5) is 34.6. The molecular weight excluding hydrogens is 486 g/mol. The smallest absolute Gasteiger partial charge is 0.255 e. The summed E-state index contributed by atoms with van der Waals surface area (Å²) in [5, 5.41) is 9.19. The molecule has 4 rings (SSSR count). The number of rotatable bonds is 7. The lowest BCUT2D eigenvalue weighted by Gasteiger charge is -2.22. The third-order valence-electron chi connectivity index (χ3n) is 6.32. The Bertz CT molecular complexity index is 1490. The van der Waals surface area contributed by atoms with Crippen LogP contribution in [0.3, 0.4) is 0 Å². The first-order chi connectivity index (χ1) is 18.5. The normalized spacial score (nSPS) is 11.3. The molecule has 7 nitrogen and oxygen atoms in total. The zero-order valence-electron chi connectivity index (χ0n) is 23.3. The van der Waals surface area contributed by atoms with Crippen molar-refractivity contribution >= 4 is 29.1 Å². The second-order valence-corrected chi connectivity index (χ2v) is 10.8. The van der Waals surface area contributed by atoms with Gasteiger partial charge in [-0.15, -0.1) is 0 Å². The first-order valence-electron chi connectivity index (χ1n) is 13.0. The molecule has 0 aliphatic heterocycles. The highest BCUT2D eigenvalue weighted by molar-refractivity contribution is 6.06. The van der Waals surface area contributed by atoms with Crippen LogP contribution in [0.2, 0.25) is 0 Å². The van der Waals surface area contributed by atoms with Crippen LogP contribution < -0.4 is 16.0 Å². The van der Waals surface area contributed by atoms with E-state index in [1.165, 1.54) is 0 Å². The van der Waals surface area contributed by atoms with Crippen LogP contribution in [0.15, 0.2) is 79.0 Å². The summed E-state index contributed by atoms with van der Waals surface area (Å²) in [6, 6.07) is 22.6. The zero-order valence-corrected chi connectivity index (χ0v) is 23.3. The van der Waals surface area contributed by atoms with Gasteiger partial charge in [0, 0.05) is 40.3 Å².